The van der Waals surface area contributed by atoms with Crippen molar-refractivity contribution in [3.05, 3.63) is 29.6 Å². The molecule has 100 valence electrons. The minimum Gasteiger partial charge on any atom is -0.505 e. The minimum absolute atomic E-state index is 0.285. The molecule has 2 rings (SSSR count). The second-order valence-electron chi connectivity index (χ2n) is 4.84. The van der Waals surface area contributed by atoms with Crippen molar-refractivity contribution in [2.45, 2.75) is 32.4 Å². The summed E-state index contributed by atoms with van der Waals surface area (Å²) in [6, 6.07) is 5.14. The maximum Gasteiger partial charge on any atom is 0.165 e. The fraction of sp³-hybridized carbons (Fsp3) is 0.571. The van der Waals surface area contributed by atoms with Crippen LogP contribution in [0.3, 0.4) is 0 Å². The zero-order chi connectivity index (χ0) is 13.0. The molecule has 0 aliphatic carbocycles. The van der Waals surface area contributed by atoms with Crippen LogP contribution in [-0.4, -0.2) is 35.7 Å². The minimum atomic E-state index is -0.551. The predicted octanol–water partition coefficient (Wildman–Crippen LogP) is 2.11. The average molecular weight is 252 g/mol. The first-order valence-electron chi connectivity index (χ1n) is 6.63. The number of hydrogen-bond acceptors (Lipinski definition) is 3. The monoisotopic (exact) mass is 252 g/mol. The zero-order valence-electron chi connectivity index (χ0n) is 10.8. The molecule has 18 heavy (non-hydrogen) atoms. The molecule has 1 saturated heterocycles. The maximum absolute atomic E-state index is 13.1. The summed E-state index contributed by atoms with van der Waals surface area (Å²) in [7, 11) is 0. The number of hydrogen-bond donors (Lipinski definition) is 2. The summed E-state index contributed by atoms with van der Waals surface area (Å²) in [4.78, 5) is 2.48. The van der Waals surface area contributed by atoms with Crippen molar-refractivity contribution >= 4 is 0 Å². The Hall–Kier alpha value is -1.13. The smallest absolute Gasteiger partial charge is 0.165 e. The van der Waals surface area contributed by atoms with Gasteiger partial charge in [-0.15, -0.1) is 0 Å². The van der Waals surface area contributed by atoms with Crippen molar-refractivity contribution in [2.24, 2.45) is 0 Å². The molecule has 1 unspecified atom stereocenters. The Morgan fingerprint density at radius 2 is 2.33 bits per heavy atom. The van der Waals surface area contributed by atoms with E-state index in [1.165, 1.54) is 31.5 Å². The highest BCUT2D eigenvalue weighted by molar-refractivity contribution is 5.27. The molecule has 4 heteroatoms. The summed E-state index contributed by atoms with van der Waals surface area (Å²) < 4.78 is 13.1. The van der Waals surface area contributed by atoms with Crippen LogP contribution in [-0.2, 0) is 6.54 Å². The molecule has 1 atom stereocenters. The van der Waals surface area contributed by atoms with Crippen LogP contribution >= 0.6 is 0 Å². The van der Waals surface area contributed by atoms with Gasteiger partial charge in [0.25, 0.3) is 0 Å². The van der Waals surface area contributed by atoms with Crippen LogP contribution in [0.15, 0.2) is 18.2 Å². The van der Waals surface area contributed by atoms with E-state index in [0.717, 1.165) is 18.7 Å². The lowest BCUT2D eigenvalue weighted by Gasteiger charge is -2.23. The lowest BCUT2D eigenvalue weighted by Crippen LogP contribution is -2.37. The van der Waals surface area contributed by atoms with Crippen molar-refractivity contribution in [3.8, 4) is 5.75 Å². The van der Waals surface area contributed by atoms with E-state index < -0.39 is 5.82 Å². The Morgan fingerprint density at radius 1 is 1.50 bits per heavy atom. The highest BCUT2D eigenvalue weighted by Crippen LogP contribution is 2.17. The van der Waals surface area contributed by atoms with Gasteiger partial charge in [0.2, 0.25) is 0 Å². The third-order valence-corrected chi connectivity index (χ3v) is 3.63. The second-order valence-corrected chi connectivity index (χ2v) is 4.84. The molecule has 1 aliphatic heterocycles. The number of likely N-dealkylation sites (N-methyl/N-ethyl adjacent to an activating group) is 1. The molecule has 1 fully saturated rings. The van der Waals surface area contributed by atoms with E-state index in [9.17, 15) is 4.39 Å². The third-order valence-electron chi connectivity index (χ3n) is 3.63. The van der Waals surface area contributed by atoms with Crippen LogP contribution in [0, 0.1) is 5.82 Å². The molecule has 1 heterocycles. The van der Waals surface area contributed by atoms with Crippen LogP contribution in [0.25, 0.3) is 0 Å². The molecule has 0 aromatic heterocycles. The quantitative estimate of drug-likeness (QED) is 0.842. The Bertz CT molecular complexity index is 397. The number of phenols is 1. The maximum atomic E-state index is 13.1. The van der Waals surface area contributed by atoms with Crippen molar-refractivity contribution < 1.29 is 9.50 Å². The third kappa shape index (κ3) is 3.21. The molecule has 3 nitrogen and oxygen atoms in total. The Labute approximate surface area is 108 Å². The highest BCUT2D eigenvalue weighted by atomic mass is 19.1. The average Bonchev–Trinajstić information content (AvgIpc) is 2.81. The van der Waals surface area contributed by atoms with Crippen LogP contribution in [0.2, 0.25) is 0 Å². The normalized spacial score (nSPS) is 20.4. The Morgan fingerprint density at radius 3 is 3.06 bits per heavy atom. The molecule has 0 spiro atoms. The van der Waals surface area contributed by atoms with Crippen molar-refractivity contribution in [2.75, 3.05) is 19.6 Å². The summed E-state index contributed by atoms with van der Waals surface area (Å²) in [5.41, 5.74) is 0.867. The lowest BCUT2D eigenvalue weighted by atomic mass is 10.2. The summed E-state index contributed by atoms with van der Waals surface area (Å²) in [5.74, 6) is -0.836. The molecular formula is C14H21FN2O. The van der Waals surface area contributed by atoms with Gasteiger partial charge in [-0.2, -0.15) is 0 Å². The van der Waals surface area contributed by atoms with Gasteiger partial charge in [0.05, 0.1) is 0 Å². The lowest BCUT2D eigenvalue weighted by molar-refractivity contribution is 0.260. The summed E-state index contributed by atoms with van der Waals surface area (Å²) >= 11 is 0. The number of benzene rings is 1. The standard InChI is InChI=1S/C14H21FN2O/c1-2-17-7-3-4-12(17)10-16-9-11-5-6-14(18)13(15)8-11/h5-6,8,12,16,18H,2-4,7,9-10H2,1H3. The summed E-state index contributed by atoms with van der Waals surface area (Å²) in [6.07, 6.45) is 2.51. The van der Waals surface area contributed by atoms with Gasteiger partial charge < -0.3 is 10.4 Å². The molecule has 1 aromatic carbocycles. The molecule has 0 saturated carbocycles. The van der Waals surface area contributed by atoms with Gasteiger partial charge in [0.1, 0.15) is 0 Å². The van der Waals surface area contributed by atoms with Gasteiger partial charge in [0, 0.05) is 19.1 Å². The van der Waals surface area contributed by atoms with E-state index in [0.29, 0.717) is 12.6 Å². The highest BCUT2D eigenvalue weighted by Gasteiger charge is 2.21. The number of nitrogens with one attached hydrogen (secondary N) is 1. The first kappa shape index (κ1) is 13.3. The number of aromatic hydroxyl groups is 1. The van der Waals surface area contributed by atoms with Gasteiger partial charge in [-0.25, -0.2) is 4.39 Å². The van der Waals surface area contributed by atoms with Crippen molar-refractivity contribution in [1.82, 2.24) is 10.2 Å². The second kappa shape index (κ2) is 6.16. The Kier molecular flexibility index (Phi) is 4.55. The number of rotatable bonds is 5. The van der Waals surface area contributed by atoms with Crippen LogP contribution < -0.4 is 5.32 Å². The van der Waals surface area contributed by atoms with Gasteiger partial charge in [-0.1, -0.05) is 13.0 Å². The number of likely N-dealkylation sites (tertiary alicyclic amines) is 1. The van der Waals surface area contributed by atoms with E-state index in [1.54, 1.807) is 6.07 Å². The van der Waals surface area contributed by atoms with E-state index in [-0.39, 0.29) is 5.75 Å². The SMILES string of the molecule is CCN1CCCC1CNCc1ccc(O)c(F)c1. The van der Waals surface area contributed by atoms with Crippen LogP contribution in [0.5, 0.6) is 5.75 Å². The molecular weight excluding hydrogens is 231 g/mol. The van der Waals surface area contributed by atoms with Crippen molar-refractivity contribution in [1.29, 1.82) is 0 Å². The fourth-order valence-electron chi connectivity index (χ4n) is 2.59. The molecule has 1 aliphatic rings. The predicted molar refractivity (Wildman–Crippen MR) is 70.0 cm³/mol. The molecule has 0 bridgehead atoms. The molecule has 2 N–H and O–H groups in total. The summed E-state index contributed by atoms with van der Waals surface area (Å²) in [6.45, 7) is 6.06. The zero-order valence-corrected chi connectivity index (χ0v) is 10.8. The van der Waals surface area contributed by atoms with Gasteiger partial charge in [-0.3, -0.25) is 4.90 Å². The summed E-state index contributed by atoms with van der Waals surface area (Å²) in [5, 5.41) is 12.5. The fourth-order valence-corrected chi connectivity index (χ4v) is 2.59. The van der Waals surface area contributed by atoms with Gasteiger partial charge in [0.15, 0.2) is 11.6 Å². The topological polar surface area (TPSA) is 35.5 Å². The molecule has 1 aromatic rings. The van der Waals surface area contributed by atoms with E-state index >= 15 is 0 Å². The van der Waals surface area contributed by atoms with E-state index in [1.807, 2.05) is 0 Å². The number of nitrogens with zero attached hydrogens (tertiary/aromatic N) is 1. The van der Waals surface area contributed by atoms with E-state index in [2.05, 4.69) is 17.1 Å². The first-order valence-corrected chi connectivity index (χ1v) is 6.63. The number of phenolic OH excluding ortho intramolecular Hbond substituents is 1. The van der Waals surface area contributed by atoms with Crippen LogP contribution in [0.1, 0.15) is 25.3 Å². The first-order chi connectivity index (χ1) is 8.70. The molecule has 0 radical (unpaired) electrons. The van der Waals surface area contributed by atoms with E-state index in [4.69, 9.17) is 5.11 Å². The molecule has 0 amide bonds. The van der Waals surface area contributed by atoms with Crippen LogP contribution in [0.4, 0.5) is 4.39 Å². The number of halogens is 1. The largest absolute Gasteiger partial charge is 0.505 e. The Balaban J connectivity index is 1.79. The van der Waals surface area contributed by atoms with Crippen molar-refractivity contribution in [3.63, 3.8) is 0 Å². The van der Waals surface area contributed by atoms with Gasteiger partial charge in [-0.05, 0) is 43.6 Å². The van der Waals surface area contributed by atoms with Gasteiger partial charge >= 0.3 is 0 Å².